The zero-order chi connectivity index (χ0) is 17.7. The third kappa shape index (κ3) is 4.32. The van der Waals surface area contributed by atoms with Gasteiger partial charge in [-0.05, 0) is 30.3 Å². The topological polar surface area (TPSA) is 98.5 Å². The van der Waals surface area contributed by atoms with Crippen LogP contribution in [0, 0.1) is 21.7 Å². The summed E-state index contributed by atoms with van der Waals surface area (Å²) in [5.74, 6) is -3.38. The molecule has 2 rings (SSSR count). The van der Waals surface area contributed by atoms with Crippen LogP contribution in [-0.4, -0.2) is 23.4 Å². The molecule has 1 amide bonds. The average molecular weight is 336 g/mol. The molecule has 0 saturated carbocycles. The lowest BCUT2D eigenvalue weighted by Gasteiger charge is -2.07. The largest absolute Gasteiger partial charge is 0.452 e. The molecule has 0 spiro atoms. The van der Waals surface area contributed by atoms with Crippen molar-refractivity contribution in [3.63, 3.8) is 0 Å². The molecule has 0 saturated heterocycles. The van der Waals surface area contributed by atoms with Gasteiger partial charge >= 0.3 is 11.7 Å². The Morgan fingerprint density at radius 3 is 2.58 bits per heavy atom. The summed E-state index contributed by atoms with van der Waals surface area (Å²) < 4.78 is 30.8. The highest BCUT2D eigenvalue weighted by molar-refractivity contribution is 5.95. The van der Waals surface area contributed by atoms with Crippen molar-refractivity contribution in [1.29, 1.82) is 0 Å². The van der Waals surface area contributed by atoms with Crippen LogP contribution in [0.1, 0.15) is 10.4 Å². The first-order valence-corrected chi connectivity index (χ1v) is 6.53. The van der Waals surface area contributed by atoms with E-state index in [4.69, 9.17) is 4.74 Å². The Kier molecular flexibility index (Phi) is 5.15. The Labute approximate surface area is 134 Å². The summed E-state index contributed by atoms with van der Waals surface area (Å²) in [6.07, 6.45) is 0. The summed E-state index contributed by atoms with van der Waals surface area (Å²) in [5, 5.41) is 12.8. The van der Waals surface area contributed by atoms with Crippen molar-refractivity contribution >= 4 is 23.3 Å². The third-order valence-corrected chi connectivity index (χ3v) is 2.82. The molecule has 0 radical (unpaired) electrons. The van der Waals surface area contributed by atoms with Crippen molar-refractivity contribution in [3.05, 3.63) is 69.8 Å². The number of anilines is 1. The number of nitro benzene ring substituents is 1. The number of ether oxygens (including phenoxy) is 1. The lowest BCUT2D eigenvalue weighted by Crippen LogP contribution is -2.21. The Hall–Kier alpha value is -3.36. The van der Waals surface area contributed by atoms with E-state index in [1.54, 1.807) is 0 Å². The summed E-state index contributed by atoms with van der Waals surface area (Å²) in [5.41, 5.74) is -0.903. The van der Waals surface area contributed by atoms with Crippen molar-refractivity contribution in [2.75, 3.05) is 11.9 Å². The van der Waals surface area contributed by atoms with E-state index in [-0.39, 0.29) is 11.3 Å². The van der Waals surface area contributed by atoms with Gasteiger partial charge in [-0.2, -0.15) is 4.39 Å². The van der Waals surface area contributed by atoms with Crippen LogP contribution in [0.3, 0.4) is 0 Å². The number of nitrogens with one attached hydrogen (secondary N) is 1. The number of rotatable bonds is 5. The Bertz CT molecular complexity index is 810. The highest BCUT2D eigenvalue weighted by atomic mass is 19.1. The van der Waals surface area contributed by atoms with Gasteiger partial charge in [-0.3, -0.25) is 14.9 Å². The van der Waals surface area contributed by atoms with Gasteiger partial charge in [0.05, 0.1) is 10.5 Å². The molecule has 1 N–H and O–H groups in total. The van der Waals surface area contributed by atoms with E-state index < -0.39 is 40.7 Å². The van der Waals surface area contributed by atoms with Gasteiger partial charge in [-0.15, -0.1) is 0 Å². The first-order valence-electron chi connectivity index (χ1n) is 6.53. The molecule has 0 bridgehead atoms. The number of hydrogen-bond acceptors (Lipinski definition) is 5. The van der Waals surface area contributed by atoms with Crippen molar-refractivity contribution in [2.24, 2.45) is 0 Å². The summed E-state index contributed by atoms with van der Waals surface area (Å²) in [6, 6.07) is 7.49. The molecular weight excluding hydrogens is 326 g/mol. The standard InChI is InChI=1S/C15H10F2N2O5/c16-10-3-1-2-9(6-10)15(21)24-8-14(20)18-11-4-5-12(17)13(7-11)19(22)23/h1-7H,8H2,(H,18,20). The van der Waals surface area contributed by atoms with Gasteiger partial charge in [-0.25, -0.2) is 9.18 Å². The number of nitro groups is 1. The van der Waals surface area contributed by atoms with Gasteiger partial charge in [0, 0.05) is 11.8 Å². The number of carbonyl (C=O) groups is 2. The quantitative estimate of drug-likeness (QED) is 0.514. The van der Waals surface area contributed by atoms with Gasteiger partial charge in [0.1, 0.15) is 5.82 Å². The normalized spacial score (nSPS) is 10.1. The molecule has 0 aliphatic heterocycles. The van der Waals surface area contributed by atoms with E-state index in [9.17, 15) is 28.5 Å². The van der Waals surface area contributed by atoms with Crippen LogP contribution in [0.5, 0.6) is 0 Å². The molecule has 124 valence electrons. The predicted octanol–water partition coefficient (Wildman–Crippen LogP) is 2.67. The highest BCUT2D eigenvalue weighted by Gasteiger charge is 2.16. The minimum Gasteiger partial charge on any atom is -0.452 e. The maximum absolute atomic E-state index is 13.2. The molecule has 0 atom stereocenters. The van der Waals surface area contributed by atoms with E-state index in [2.05, 4.69) is 5.32 Å². The molecular formula is C15H10F2N2O5. The molecule has 24 heavy (non-hydrogen) atoms. The van der Waals surface area contributed by atoms with Gasteiger partial charge < -0.3 is 10.1 Å². The van der Waals surface area contributed by atoms with Gasteiger partial charge in [0.25, 0.3) is 5.91 Å². The minimum absolute atomic E-state index is 0.0325. The van der Waals surface area contributed by atoms with Crippen LogP contribution < -0.4 is 5.32 Å². The zero-order valence-corrected chi connectivity index (χ0v) is 12.0. The number of carbonyl (C=O) groups excluding carboxylic acids is 2. The second kappa shape index (κ2) is 7.27. The van der Waals surface area contributed by atoms with Crippen LogP contribution in [-0.2, 0) is 9.53 Å². The lowest BCUT2D eigenvalue weighted by molar-refractivity contribution is -0.387. The van der Waals surface area contributed by atoms with Crippen LogP contribution in [0.4, 0.5) is 20.2 Å². The number of hydrogen-bond donors (Lipinski definition) is 1. The molecule has 2 aromatic rings. The number of benzene rings is 2. The van der Waals surface area contributed by atoms with E-state index in [0.29, 0.717) is 0 Å². The minimum atomic E-state index is -1.05. The summed E-state index contributed by atoms with van der Waals surface area (Å²) in [7, 11) is 0. The van der Waals surface area contributed by atoms with Crippen molar-refractivity contribution in [3.8, 4) is 0 Å². The van der Waals surface area contributed by atoms with Gasteiger partial charge in [-0.1, -0.05) is 6.07 Å². The summed E-state index contributed by atoms with van der Waals surface area (Å²) in [4.78, 5) is 33.0. The zero-order valence-electron chi connectivity index (χ0n) is 12.0. The van der Waals surface area contributed by atoms with Crippen molar-refractivity contribution < 1.29 is 28.0 Å². The second-order valence-corrected chi connectivity index (χ2v) is 4.56. The molecule has 0 unspecified atom stereocenters. The molecule has 7 nitrogen and oxygen atoms in total. The number of nitrogens with zero attached hydrogens (tertiary/aromatic N) is 1. The maximum Gasteiger partial charge on any atom is 0.338 e. The van der Waals surface area contributed by atoms with E-state index in [1.165, 1.54) is 12.1 Å². The Morgan fingerprint density at radius 2 is 1.92 bits per heavy atom. The second-order valence-electron chi connectivity index (χ2n) is 4.56. The molecule has 2 aromatic carbocycles. The van der Waals surface area contributed by atoms with Crippen LogP contribution in [0.15, 0.2) is 42.5 Å². The van der Waals surface area contributed by atoms with Gasteiger partial charge in [0.15, 0.2) is 6.61 Å². The molecule has 0 aromatic heterocycles. The van der Waals surface area contributed by atoms with Crippen LogP contribution in [0.2, 0.25) is 0 Å². The van der Waals surface area contributed by atoms with E-state index >= 15 is 0 Å². The molecule has 0 aliphatic carbocycles. The van der Waals surface area contributed by atoms with Crippen LogP contribution in [0.25, 0.3) is 0 Å². The Morgan fingerprint density at radius 1 is 1.17 bits per heavy atom. The fraction of sp³-hybridized carbons (Fsp3) is 0.0667. The molecule has 9 heteroatoms. The Balaban J connectivity index is 1.95. The number of amides is 1. The number of esters is 1. The molecule has 0 heterocycles. The SMILES string of the molecule is O=C(COC(=O)c1cccc(F)c1)Nc1ccc(F)c([N+](=O)[O-])c1. The van der Waals surface area contributed by atoms with Crippen LogP contribution >= 0.6 is 0 Å². The highest BCUT2D eigenvalue weighted by Crippen LogP contribution is 2.21. The first kappa shape index (κ1) is 17.0. The monoisotopic (exact) mass is 336 g/mol. The van der Waals surface area contributed by atoms with E-state index in [1.807, 2.05) is 0 Å². The summed E-state index contributed by atoms with van der Waals surface area (Å²) >= 11 is 0. The third-order valence-electron chi connectivity index (χ3n) is 2.82. The average Bonchev–Trinajstić information content (AvgIpc) is 2.54. The maximum atomic E-state index is 13.2. The fourth-order valence-electron chi connectivity index (χ4n) is 1.76. The van der Waals surface area contributed by atoms with Crippen molar-refractivity contribution in [2.45, 2.75) is 0 Å². The first-order chi connectivity index (χ1) is 11.4. The molecule has 0 fully saturated rings. The fourth-order valence-corrected chi connectivity index (χ4v) is 1.76. The predicted molar refractivity (Wildman–Crippen MR) is 78.4 cm³/mol. The van der Waals surface area contributed by atoms with Gasteiger partial charge in [0.2, 0.25) is 5.82 Å². The van der Waals surface area contributed by atoms with E-state index in [0.717, 1.165) is 30.3 Å². The summed E-state index contributed by atoms with van der Waals surface area (Å²) in [6.45, 7) is -0.694. The lowest BCUT2D eigenvalue weighted by atomic mass is 10.2. The smallest absolute Gasteiger partial charge is 0.338 e. The van der Waals surface area contributed by atoms with Crippen molar-refractivity contribution in [1.82, 2.24) is 0 Å². The molecule has 0 aliphatic rings. The number of halogens is 2.